The molecule has 1 N–H and O–H groups in total. The number of β-lactam (4-membered cyclic amide) rings is 1. The molecule has 0 saturated carbocycles. The quantitative estimate of drug-likeness (QED) is 0.0957. The zero-order chi connectivity index (χ0) is 30.2. The molecule has 0 aromatic heterocycles. The normalized spacial score (nSPS) is 18.0. The van der Waals surface area contributed by atoms with Crippen LogP contribution in [0.3, 0.4) is 0 Å². The van der Waals surface area contributed by atoms with E-state index in [9.17, 15) is 24.0 Å². The van der Waals surface area contributed by atoms with Crippen LogP contribution in [-0.2, 0) is 38.3 Å². The number of carbonyl (C=O) groups excluding carboxylic acids is 5. The zero-order valence-corrected chi connectivity index (χ0v) is 23.9. The maximum atomic E-state index is 13.7. The minimum absolute atomic E-state index is 0.0215. The highest BCUT2D eigenvalue weighted by atomic mass is 35.5. The van der Waals surface area contributed by atoms with Gasteiger partial charge in [0, 0.05) is 5.75 Å². The maximum Gasteiger partial charge on any atom is 0.356 e. The summed E-state index contributed by atoms with van der Waals surface area (Å²) in [5.74, 6) is -4.32. The average Bonchev–Trinajstić information content (AvgIpc) is 3.03. The smallest absolute Gasteiger partial charge is 0.356 e. The fourth-order valence-electron chi connectivity index (χ4n) is 4.24. The van der Waals surface area contributed by atoms with E-state index in [2.05, 4.69) is 21.8 Å². The minimum atomic E-state index is -1.09. The third-order valence-corrected chi connectivity index (χ3v) is 7.87. The molecule has 0 radical (unpaired) electrons. The summed E-state index contributed by atoms with van der Waals surface area (Å²) in [6, 6.07) is 17.3. The lowest BCUT2D eigenvalue weighted by atomic mass is 10.0. The molecule has 2 aliphatic heterocycles. The number of hydrogen-bond acceptors (Lipinski definition) is 10. The molecule has 218 valence electrons. The predicted octanol–water partition coefficient (Wildman–Crippen LogP) is 2.51. The van der Waals surface area contributed by atoms with Gasteiger partial charge < -0.3 is 19.6 Å². The first-order valence-electron chi connectivity index (χ1n) is 12.6. The molecule has 0 bridgehead atoms. The van der Waals surface area contributed by atoms with Crippen molar-refractivity contribution in [3.63, 3.8) is 0 Å². The molecule has 0 aliphatic carbocycles. The van der Waals surface area contributed by atoms with E-state index >= 15 is 0 Å². The highest BCUT2D eigenvalue weighted by molar-refractivity contribution is 8.00. The van der Waals surface area contributed by atoms with Gasteiger partial charge in [0.15, 0.2) is 6.10 Å². The lowest BCUT2D eigenvalue weighted by Crippen LogP contribution is -2.71. The Kier molecular flexibility index (Phi) is 10.2. The Morgan fingerprint density at radius 1 is 1.12 bits per heavy atom. The van der Waals surface area contributed by atoms with Crippen LogP contribution in [-0.4, -0.2) is 76.9 Å². The Bertz CT molecular complexity index is 1410. The largest absolute Gasteiger partial charge is 0.466 e. The topological polar surface area (TPSA) is 141 Å². The average molecular weight is 612 g/mol. The Hall–Kier alpha value is -4.42. The van der Waals surface area contributed by atoms with Gasteiger partial charge in [0.2, 0.25) is 18.1 Å². The lowest BCUT2D eigenvalue weighted by Gasteiger charge is -2.49. The SMILES string of the molecule is C=CC1=C(C(=O)OC(c2ccccc2)c2ccccc2)N2C(=O)[C@@H](NC(=O)/C(=N\OCC(=O)OC)C(=O)CCl)[C@H]2SC1. The monoisotopic (exact) mass is 611 g/mol. The molecular weight excluding hydrogens is 586 g/mol. The third kappa shape index (κ3) is 6.55. The molecule has 11 nitrogen and oxygen atoms in total. The van der Waals surface area contributed by atoms with E-state index < -0.39 is 65.3 Å². The van der Waals surface area contributed by atoms with Crippen molar-refractivity contribution in [2.24, 2.45) is 5.16 Å². The number of thioether (sulfide) groups is 1. The number of nitrogens with zero attached hydrogens (tertiary/aromatic N) is 2. The number of ether oxygens (including phenoxy) is 2. The summed E-state index contributed by atoms with van der Waals surface area (Å²) in [7, 11) is 1.13. The van der Waals surface area contributed by atoms with Gasteiger partial charge in [0.25, 0.3) is 11.8 Å². The molecule has 2 aliphatic rings. The van der Waals surface area contributed by atoms with Crippen LogP contribution >= 0.6 is 23.4 Å². The number of hydrogen-bond donors (Lipinski definition) is 1. The Morgan fingerprint density at radius 3 is 2.29 bits per heavy atom. The summed E-state index contributed by atoms with van der Waals surface area (Å²) in [5, 5.41) is 5.20. The zero-order valence-electron chi connectivity index (χ0n) is 22.4. The number of ketones is 1. The third-order valence-electron chi connectivity index (χ3n) is 6.32. The van der Waals surface area contributed by atoms with E-state index in [1.807, 2.05) is 60.7 Å². The molecule has 2 heterocycles. The van der Waals surface area contributed by atoms with E-state index in [-0.39, 0.29) is 5.70 Å². The number of rotatable bonds is 12. The number of halogens is 1. The van der Waals surface area contributed by atoms with E-state index in [4.69, 9.17) is 21.2 Å². The highest BCUT2D eigenvalue weighted by Gasteiger charge is 2.54. The van der Waals surface area contributed by atoms with Crippen molar-refractivity contribution in [1.82, 2.24) is 10.2 Å². The summed E-state index contributed by atoms with van der Waals surface area (Å²) in [5.41, 5.74) is 1.27. The molecule has 4 rings (SSSR count). The molecule has 42 heavy (non-hydrogen) atoms. The van der Waals surface area contributed by atoms with Crippen molar-refractivity contribution in [3.8, 4) is 0 Å². The van der Waals surface area contributed by atoms with Gasteiger partial charge in [-0.3, -0.25) is 19.3 Å². The number of methoxy groups -OCH3 is 1. The van der Waals surface area contributed by atoms with Crippen LogP contribution < -0.4 is 5.32 Å². The maximum absolute atomic E-state index is 13.7. The van der Waals surface area contributed by atoms with Gasteiger partial charge in [-0.25, -0.2) is 9.59 Å². The van der Waals surface area contributed by atoms with Crippen molar-refractivity contribution < 1.29 is 38.3 Å². The number of Topliss-reactive ketones (excluding diaryl/α,β-unsaturated/α-hetero) is 1. The van der Waals surface area contributed by atoms with Crippen LogP contribution in [0.5, 0.6) is 0 Å². The second-order valence-corrected chi connectivity index (χ2v) is 10.3. The summed E-state index contributed by atoms with van der Waals surface area (Å²) in [6.07, 6.45) is 0.741. The van der Waals surface area contributed by atoms with Gasteiger partial charge in [-0.15, -0.1) is 23.4 Å². The molecule has 1 fully saturated rings. The molecule has 0 unspecified atom stereocenters. The number of amides is 2. The number of alkyl halides is 1. The number of carbonyl (C=O) groups is 5. The number of nitrogens with one attached hydrogen (secondary N) is 1. The van der Waals surface area contributed by atoms with E-state index in [0.717, 1.165) is 18.2 Å². The molecule has 0 spiro atoms. The van der Waals surface area contributed by atoms with Crippen molar-refractivity contribution in [3.05, 3.63) is 95.7 Å². The first-order chi connectivity index (χ1) is 20.3. The summed E-state index contributed by atoms with van der Waals surface area (Å²) in [4.78, 5) is 69.3. The van der Waals surface area contributed by atoms with Crippen LogP contribution in [0.4, 0.5) is 0 Å². The molecule has 2 amide bonds. The fraction of sp³-hybridized carbons (Fsp3) is 0.241. The van der Waals surface area contributed by atoms with Crippen LogP contribution in [0.1, 0.15) is 17.2 Å². The van der Waals surface area contributed by atoms with Crippen molar-refractivity contribution >= 4 is 58.6 Å². The number of allylic oxidation sites excluding steroid dienone is 1. The van der Waals surface area contributed by atoms with Crippen molar-refractivity contribution in [2.75, 3.05) is 25.3 Å². The first kappa shape index (κ1) is 30.5. The van der Waals surface area contributed by atoms with Crippen molar-refractivity contribution in [1.29, 1.82) is 0 Å². The second-order valence-electron chi connectivity index (χ2n) is 8.89. The summed E-state index contributed by atoms with van der Waals surface area (Å²) < 4.78 is 10.4. The minimum Gasteiger partial charge on any atom is -0.466 e. The summed E-state index contributed by atoms with van der Waals surface area (Å²) >= 11 is 6.89. The van der Waals surface area contributed by atoms with Gasteiger partial charge in [-0.2, -0.15) is 0 Å². The van der Waals surface area contributed by atoms with E-state index in [0.29, 0.717) is 11.3 Å². The number of benzene rings is 2. The van der Waals surface area contributed by atoms with Crippen LogP contribution in [0.25, 0.3) is 0 Å². The lowest BCUT2D eigenvalue weighted by molar-refractivity contribution is -0.154. The highest BCUT2D eigenvalue weighted by Crippen LogP contribution is 2.41. The second kappa shape index (κ2) is 14.0. The Labute approximate surface area is 250 Å². The van der Waals surface area contributed by atoms with Crippen LogP contribution in [0.2, 0.25) is 0 Å². The van der Waals surface area contributed by atoms with Gasteiger partial charge >= 0.3 is 11.9 Å². The van der Waals surface area contributed by atoms with Gasteiger partial charge in [-0.05, 0) is 16.7 Å². The van der Waals surface area contributed by atoms with Gasteiger partial charge in [0.05, 0.1) is 13.0 Å². The van der Waals surface area contributed by atoms with E-state index in [1.54, 1.807) is 0 Å². The van der Waals surface area contributed by atoms with Crippen LogP contribution in [0.15, 0.2) is 89.7 Å². The molecular formula is C29H26ClN3O8S. The fourth-order valence-corrected chi connectivity index (χ4v) is 5.70. The van der Waals surface area contributed by atoms with Gasteiger partial charge in [-0.1, -0.05) is 78.5 Å². The molecule has 1 saturated heterocycles. The molecule has 2 aromatic rings. The Balaban J connectivity index is 1.54. The van der Waals surface area contributed by atoms with E-state index in [1.165, 1.54) is 22.7 Å². The van der Waals surface area contributed by atoms with Crippen LogP contribution in [0, 0.1) is 0 Å². The molecule has 2 aromatic carbocycles. The summed E-state index contributed by atoms with van der Waals surface area (Å²) in [6.45, 7) is 3.14. The molecule has 2 atom stereocenters. The standard InChI is InChI=1S/C29H26ClN3O8S/c1-3-17-16-42-28-23(31-26(36)22(20(34)14-30)32-40-15-21(35)39-2)27(37)33(28)24(17)29(38)41-25(18-10-6-4-7-11-18)19-12-8-5-9-13-19/h3-13,23,25,28H,1,14-16H2,2H3,(H,31,36)/b32-22-/t23-,28-/m1/s1. The first-order valence-corrected chi connectivity index (χ1v) is 14.2. The van der Waals surface area contributed by atoms with Crippen molar-refractivity contribution in [2.45, 2.75) is 17.5 Å². The Morgan fingerprint density at radius 2 is 1.74 bits per heavy atom. The van der Waals surface area contributed by atoms with Gasteiger partial charge in [0.1, 0.15) is 17.1 Å². The number of oxime groups is 1. The number of fused-ring (bicyclic) bond motifs is 1. The number of esters is 2. The molecule has 13 heteroatoms. The predicted molar refractivity (Wildman–Crippen MR) is 154 cm³/mol.